The van der Waals surface area contributed by atoms with Crippen LogP contribution >= 0.6 is 22.7 Å². The molecule has 0 atom stereocenters. The number of fused-ring (bicyclic) bond motifs is 1. The third-order valence-electron chi connectivity index (χ3n) is 3.54. The highest BCUT2D eigenvalue weighted by Crippen LogP contribution is 2.23. The van der Waals surface area contributed by atoms with E-state index in [9.17, 15) is 14.9 Å². The average molecular weight is 389 g/mol. The number of nitro groups is 1. The van der Waals surface area contributed by atoms with Gasteiger partial charge in [0, 0.05) is 36.7 Å². The van der Waals surface area contributed by atoms with Crippen molar-refractivity contribution in [1.29, 1.82) is 0 Å². The second kappa shape index (κ2) is 8.17. The van der Waals surface area contributed by atoms with Crippen molar-refractivity contribution in [1.82, 2.24) is 4.57 Å². The predicted molar refractivity (Wildman–Crippen MR) is 102 cm³/mol. The lowest BCUT2D eigenvalue weighted by molar-refractivity contribution is -0.384. The summed E-state index contributed by atoms with van der Waals surface area (Å²) in [7, 11) is 1.59. The minimum absolute atomic E-state index is 0.00751. The van der Waals surface area contributed by atoms with Crippen LogP contribution in [0.3, 0.4) is 0 Å². The molecule has 0 saturated heterocycles. The van der Waals surface area contributed by atoms with E-state index in [0.29, 0.717) is 22.7 Å². The minimum Gasteiger partial charge on any atom is -0.383 e. The third kappa shape index (κ3) is 4.13. The molecule has 1 amide bonds. The highest BCUT2D eigenvalue weighted by Gasteiger charge is 2.12. The predicted octanol–water partition coefficient (Wildman–Crippen LogP) is 3.46. The number of ether oxygens (including phenoxy) is 1. The number of nitro benzene ring substituents is 1. The number of carbonyl (C=O) groups is 1. The molecule has 26 heavy (non-hydrogen) atoms. The third-order valence-corrected chi connectivity index (χ3v) is 5.41. The minimum atomic E-state index is -0.440. The quantitative estimate of drug-likeness (QED) is 0.367. The van der Waals surface area contributed by atoms with Crippen LogP contribution in [-0.2, 0) is 16.1 Å². The second-order valence-electron chi connectivity index (χ2n) is 5.24. The Morgan fingerprint density at radius 2 is 2.27 bits per heavy atom. The lowest BCUT2D eigenvalue weighted by atomic mass is 10.3. The summed E-state index contributed by atoms with van der Waals surface area (Å²) in [4.78, 5) is 28.3. The molecule has 0 saturated carbocycles. The zero-order valence-corrected chi connectivity index (χ0v) is 15.5. The first-order valence-corrected chi connectivity index (χ1v) is 9.35. The molecule has 0 bridgehead atoms. The van der Waals surface area contributed by atoms with Crippen molar-refractivity contribution in [2.45, 2.75) is 6.54 Å². The molecular weight excluding hydrogens is 374 g/mol. The van der Waals surface area contributed by atoms with Gasteiger partial charge in [-0.25, -0.2) is 0 Å². The Balaban J connectivity index is 2.01. The van der Waals surface area contributed by atoms with E-state index < -0.39 is 4.92 Å². The topological polar surface area (TPSA) is 86.7 Å². The highest BCUT2D eigenvalue weighted by molar-refractivity contribution is 7.16. The van der Waals surface area contributed by atoms with Gasteiger partial charge in [0.25, 0.3) is 11.6 Å². The lowest BCUT2D eigenvalue weighted by Gasteiger charge is -2.03. The van der Waals surface area contributed by atoms with Crippen molar-refractivity contribution in [3.63, 3.8) is 0 Å². The molecule has 2 aromatic heterocycles. The van der Waals surface area contributed by atoms with E-state index >= 15 is 0 Å². The molecule has 3 rings (SSSR count). The monoisotopic (exact) mass is 389 g/mol. The Morgan fingerprint density at radius 1 is 1.42 bits per heavy atom. The van der Waals surface area contributed by atoms with Gasteiger partial charge in [0.05, 0.1) is 21.7 Å². The van der Waals surface area contributed by atoms with Crippen LogP contribution in [0.2, 0.25) is 0 Å². The van der Waals surface area contributed by atoms with Crippen LogP contribution in [0.5, 0.6) is 0 Å². The van der Waals surface area contributed by atoms with Gasteiger partial charge >= 0.3 is 0 Å². The summed E-state index contributed by atoms with van der Waals surface area (Å²) in [5.41, 5.74) is 0.791. The Kier molecular flexibility index (Phi) is 5.71. The maximum atomic E-state index is 12.2. The van der Waals surface area contributed by atoms with Crippen molar-refractivity contribution in [3.05, 3.63) is 61.6 Å². The number of carbonyl (C=O) groups excluding carboxylic acids is 1. The van der Waals surface area contributed by atoms with E-state index in [1.54, 1.807) is 19.3 Å². The highest BCUT2D eigenvalue weighted by atomic mass is 32.1. The van der Waals surface area contributed by atoms with Gasteiger partial charge in [-0.15, -0.1) is 11.3 Å². The van der Waals surface area contributed by atoms with Crippen molar-refractivity contribution < 1.29 is 14.5 Å². The SMILES string of the molecule is COCCn1c(=NC(=O)C=Cc2cccs2)sc2cc([N+](=O)[O-])ccc21. The Bertz CT molecular complexity index is 1030. The zero-order valence-electron chi connectivity index (χ0n) is 13.8. The number of rotatable bonds is 6. The Hall–Kier alpha value is -2.62. The van der Waals surface area contributed by atoms with E-state index in [0.717, 1.165) is 10.4 Å². The molecule has 0 aliphatic rings. The molecule has 2 heterocycles. The van der Waals surface area contributed by atoms with Gasteiger partial charge in [-0.3, -0.25) is 14.9 Å². The standard InChI is InChI=1S/C17H15N3O4S2/c1-24-9-8-19-14-6-4-12(20(22)23)11-15(14)26-17(19)18-16(21)7-5-13-3-2-10-25-13/h2-7,10-11H,8-9H2,1H3. The molecule has 1 aromatic carbocycles. The van der Waals surface area contributed by atoms with Gasteiger partial charge in [0.15, 0.2) is 4.80 Å². The molecule has 134 valence electrons. The van der Waals surface area contributed by atoms with Crippen molar-refractivity contribution >= 4 is 50.6 Å². The molecule has 0 aliphatic carbocycles. The summed E-state index contributed by atoms with van der Waals surface area (Å²) in [6, 6.07) is 8.43. The van der Waals surface area contributed by atoms with E-state index in [1.807, 2.05) is 22.1 Å². The summed E-state index contributed by atoms with van der Waals surface area (Å²) in [6.07, 6.45) is 3.13. The number of aromatic nitrogens is 1. The fourth-order valence-electron chi connectivity index (χ4n) is 2.33. The van der Waals surface area contributed by atoms with E-state index in [-0.39, 0.29) is 11.6 Å². The number of hydrogen-bond donors (Lipinski definition) is 0. The van der Waals surface area contributed by atoms with Gasteiger partial charge in [-0.1, -0.05) is 17.4 Å². The van der Waals surface area contributed by atoms with Crippen molar-refractivity contribution in [3.8, 4) is 0 Å². The van der Waals surface area contributed by atoms with E-state index in [4.69, 9.17) is 4.74 Å². The van der Waals surface area contributed by atoms with Crippen LogP contribution in [0.4, 0.5) is 5.69 Å². The Morgan fingerprint density at radius 3 is 2.96 bits per heavy atom. The van der Waals surface area contributed by atoms with Crippen molar-refractivity contribution in [2.75, 3.05) is 13.7 Å². The molecule has 0 N–H and O–H groups in total. The normalized spacial score (nSPS) is 12.3. The summed E-state index contributed by atoms with van der Waals surface area (Å²) >= 11 is 2.77. The van der Waals surface area contributed by atoms with Crippen LogP contribution in [0, 0.1) is 10.1 Å². The number of nitrogens with zero attached hydrogens (tertiary/aromatic N) is 3. The summed E-state index contributed by atoms with van der Waals surface area (Å²) in [5.74, 6) is -0.384. The summed E-state index contributed by atoms with van der Waals surface area (Å²) < 4.78 is 7.65. The summed E-state index contributed by atoms with van der Waals surface area (Å²) in [5, 5.41) is 12.9. The van der Waals surface area contributed by atoms with Gasteiger partial charge in [-0.05, 0) is 23.6 Å². The number of non-ortho nitro benzene ring substituents is 1. The number of amides is 1. The van der Waals surface area contributed by atoms with Crippen LogP contribution < -0.4 is 4.80 Å². The maximum Gasteiger partial charge on any atom is 0.272 e. The largest absolute Gasteiger partial charge is 0.383 e. The van der Waals surface area contributed by atoms with Gasteiger partial charge in [0.1, 0.15) is 0 Å². The molecule has 3 aromatic rings. The molecule has 0 unspecified atom stereocenters. The lowest BCUT2D eigenvalue weighted by Crippen LogP contribution is -2.18. The molecule has 7 nitrogen and oxygen atoms in total. The fraction of sp³-hybridized carbons (Fsp3) is 0.176. The number of thiazole rings is 1. The zero-order chi connectivity index (χ0) is 18.5. The fourth-order valence-corrected chi connectivity index (χ4v) is 4.04. The maximum absolute atomic E-state index is 12.2. The number of methoxy groups -OCH3 is 1. The van der Waals surface area contributed by atoms with Crippen LogP contribution in [0.25, 0.3) is 16.3 Å². The summed E-state index contributed by atoms with van der Waals surface area (Å²) in [6.45, 7) is 0.935. The first kappa shape index (κ1) is 18.2. The van der Waals surface area contributed by atoms with Gasteiger partial charge in [-0.2, -0.15) is 4.99 Å². The molecule has 0 spiro atoms. The molecular formula is C17H15N3O4S2. The molecule has 0 radical (unpaired) electrons. The van der Waals surface area contributed by atoms with Crippen LogP contribution in [0.1, 0.15) is 4.88 Å². The number of benzene rings is 1. The smallest absolute Gasteiger partial charge is 0.272 e. The van der Waals surface area contributed by atoms with Gasteiger partial charge in [0.2, 0.25) is 0 Å². The van der Waals surface area contributed by atoms with Gasteiger partial charge < -0.3 is 9.30 Å². The van der Waals surface area contributed by atoms with Crippen molar-refractivity contribution in [2.24, 2.45) is 4.99 Å². The van der Waals surface area contributed by atoms with E-state index in [1.165, 1.54) is 40.9 Å². The van der Waals surface area contributed by atoms with Crippen LogP contribution in [0.15, 0.2) is 46.8 Å². The van der Waals surface area contributed by atoms with E-state index in [2.05, 4.69) is 4.99 Å². The second-order valence-corrected chi connectivity index (χ2v) is 7.23. The molecule has 0 aliphatic heterocycles. The van der Waals surface area contributed by atoms with Crippen LogP contribution in [-0.4, -0.2) is 29.1 Å². The number of hydrogen-bond acceptors (Lipinski definition) is 6. The average Bonchev–Trinajstić information content (AvgIpc) is 3.25. The first-order valence-electron chi connectivity index (χ1n) is 7.65. The Labute approximate surface area is 156 Å². The molecule has 0 fully saturated rings. The molecule has 9 heteroatoms. The number of thiophene rings is 1. The first-order chi connectivity index (χ1) is 12.6.